The number of imidazole rings is 1. The number of ether oxygens (including phenoxy) is 2. The summed E-state index contributed by atoms with van der Waals surface area (Å²) in [5.41, 5.74) is 2.99. The van der Waals surface area contributed by atoms with Gasteiger partial charge in [0.15, 0.2) is 0 Å². The predicted molar refractivity (Wildman–Crippen MR) is 95.4 cm³/mol. The van der Waals surface area contributed by atoms with Crippen molar-refractivity contribution < 1.29 is 14.3 Å². The summed E-state index contributed by atoms with van der Waals surface area (Å²) in [5.74, 6) is 1.17. The molecule has 25 heavy (non-hydrogen) atoms. The number of aryl methyl sites for hydroxylation is 1. The lowest BCUT2D eigenvalue weighted by atomic mass is 10.1. The second-order valence-electron chi connectivity index (χ2n) is 5.82. The molecular formula is C19H21N3O3. The van der Waals surface area contributed by atoms with E-state index in [0.717, 1.165) is 16.9 Å². The lowest BCUT2D eigenvalue weighted by Gasteiger charge is -2.17. The zero-order chi connectivity index (χ0) is 18.0. The molecule has 6 nitrogen and oxygen atoms in total. The summed E-state index contributed by atoms with van der Waals surface area (Å²) in [6.07, 6.45) is 1.75. The molecule has 0 saturated carbocycles. The molecule has 1 aromatic carbocycles. The molecule has 0 bridgehead atoms. The molecule has 0 aliphatic carbocycles. The van der Waals surface area contributed by atoms with Crippen LogP contribution >= 0.6 is 0 Å². The van der Waals surface area contributed by atoms with E-state index in [4.69, 9.17) is 9.47 Å². The van der Waals surface area contributed by atoms with E-state index in [1.54, 1.807) is 20.4 Å². The molecule has 0 unspecified atom stereocenters. The Kier molecular flexibility index (Phi) is 4.61. The molecular weight excluding hydrogens is 318 g/mol. The van der Waals surface area contributed by atoms with Crippen LogP contribution in [0.3, 0.4) is 0 Å². The van der Waals surface area contributed by atoms with E-state index in [0.29, 0.717) is 17.2 Å². The highest BCUT2D eigenvalue weighted by Crippen LogP contribution is 2.29. The lowest BCUT2D eigenvalue weighted by Crippen LogP contribution is -2.27. The molecule has 3 rings (SSSR count). The number of nitrogens with zero attached hydrogens (tertiary/aromatic N) is 2. The van der Waals surface area contributed by atoms with Gasteiger partial charge in [0.1, 0.15) is 22.8 Å². The summed E-state index contributed by atoms with van der Waals surface area (Å²) in [6, 6.07) is 11.0. The Labute approximate surface area is 146 Å². The van der Waals surface area contributed by atoms with Gasteiger partial charge in [-0.25, -0.2) is 4.98 Å². The topological polar surface area (TPSA) is 64.9 Å². The van der Waals surface area contributed by atoms with Crippen molar-refractivity contribution in [2.24, 2.45) is 0 Å². The van der Waals surface area contributed by atoms with Crippen molar-refractivity contribution in [3.63, 3.8) is 0 Å². The van der Waals surface area contributed by atoms with Gasteiger partial charge in [-0.2, -0.15) is 0 Å². The van der Waals surface area contributed by atoms with E-state index in [9.17, 15) is 4.79 Å². The Balaban J connectivity index is 1.85. The fourth-order valence-electron chi connectivity index (χ4n) is 2.78. The van der Waals surface area contributed by atoms with Crippen molar-refractivity contribution in [1.29, 1.82) is 0 Å². The van der Waals surface area contributed by atoms with E-state index in [-0.39, 0.29) is 11.9 Å². The molecule has 6 heteroatoms. The Morgan fingerprint density at radius 2 is 2.00 bits per heavy atom. The average Bonchev–Trinajstić information content (AvgIpc) is 3.07. The first-order chi connectivity index (χ1) is 12.0. The molecule has 1 amide bonds. The van der Waals surface area contributed by atoms with Crippen LogP contribution in [0.4, 0.5) is 0 Å². The van der Waals surface area contributed by atoms with E-state index in [1.807, 2.05) is 54.6 Å². The van der Waals surface area contributed by atoms with E-state index in [1.165, 1.54) is 0 Å². The maximum atomic E-state index is 12.6. The first-order valence-electron chi connectivity index (χ1n) is 8.01. The largest absolute Gasteiger partial charge is 0.497 e. The quantitative estimate of drug-likeness (QED) is 0.775. The highest BCUT2D eigenvalue weighted by Gasteiger charge is 2.18. The third-order valence-electron chi connectivity index (χ3n) is 4.18. The number of carbonyl (C=O) groups excluding carboxylic acids is 1. The summed E-state index contributed by atoms with van der Waals surface area (Å²) in [6.45, 7) is 3.87. The summed E-state index contributed by atoms with van der Waals surface area (Å²) in [4.78, 5) is 17.0. The van der Waals surface area contributed by atoms with Crippen molar-refractivity contribution in [2.45, 2.75) is 19.9 Å². The second-order valence-corrected chi connectivity index (χ2v) is 5.82. The predicted octanol–water partition coefficient (Wildman–Crippen LogP) is 3.15. The van der Waals surface area contributed by atoms with Crippen LogP contribution in [0.15, 0.2) is 42.6 Å². The van der Waals surface area contributed by atoms with Crippen LogP contribution in [-0.2, 0) is 0 Å². The van der Waals surface area contributed by atoms with Gasteiger partial charge in [-0.3, -0.25) is 4.79 Å². The average molecular weight is 339 g/mol. The summed E-state index contributed by atoms with van der Waals surface area (Å²) in [5, 5.41) is 2.97. The van der Waals surface area contributed by atoms with Gasteiger partial charge in [0.2, 0.25) is 0 Å². The normalized spacial score (nSPS) is 12.0. The number of amides is 1. The second kappa shape index (κ2) is 6.84. The molecule has 3 aromatic rings. The molecule has 2 heterocycles. The van der Waals surface area contributed by atoms with Crippen LogP contribution in [-0.4, -0.2) is 29.5 Å². The fourth-order valence-corrected chi connectivity index (χ4v) is 2.78. The number of methoxy groups -OCH3 is 2. The van der Waals surface area contributed by atoms with Gasteiger partial charge >= 0.3 is 0 Å². The summed E-state index contributed by atoms with van der Waals surface area (Å²) < 4.78 is 12.5. The van der Waals surface area contributed by atoms with Gasteiger partial charge in [0.05, 0.1) is 20.3 Å². The number of carbonyl (C=O) groups is 1. The van der Waals surface area contributed by atoms with Crippen molar-refractivity contribution in [1.82, 2.24) is 14.7 Å². The lowest BCUT2D eigenvalue weighted by molar-refractivity contribution is 0.0935. The van der Waals surface area contributed by atoms with Gasteiger partial charge in [0.25, 0.3) is 5.91 Å². The first kappa shape index (κ1) is 16.8. The smallest absolute Gasteiger partial charge is 0.271 e. The molecule has 0 aliphatic rings. The van der Waals surface area contributed by atoms with Crippen molar-refractivity contribution in [3.05, 3.63) is 59.5 Å². The van der Waals surface area contributed by atoms with Crippen LogP contribution in [0.5, 0.6) is 11.5 Å². The standard InChI is InChI=1S/C19H21N3O3/c1-12-6-5-7-18-21-16(11-22(12)18)19(23)20-13(2)15-10-14(24-3)8-9-17(15)25-4/h5-11,13H,1-4H3,(H,20,23)/t13-/m0/s1. The molecule has 130 valence electrons. The minimum absolute atomic E-state index is 0.236. The molecule has 0 aliphatic heterocycles. The maximum Gasteiger partial charge on any atom is 0.271 e. The third-order valence-corrected chi connectivity index (χ3v) is 4.18. The number of nitrogens with one attached hydrogen (secondary N) is 1. The number of benzene rings is 1. The van der Waals surface area contributed by atoms with Crippen LogP contribution in [0.2, 0.25) is 0 Å². The van der Waals surface area contributed by atoms with Crippen molar-refractivity contribution in [2.75, 3.05) is 14.2 Å². The zero-order valence-corrected chi connectivity index (χ0v) is 14.7. The molecule has 0 saturated heterocycles. The first-order valence-corrected chi connectivity index (χ1v) is 8.01. The molecule has 0 radical (unpaired) electrons. The Bertz CT molecular complexity index is 917. The maximum absolute atomic E-state index is 12.6. The monoisotopic (exact) mass is 339 g/mol. The number of pyridine rings is 1. The third kappa shape index (κ3) is 3.28. The van der Waals surface area contributed by atoms with Crippen LogP contribution in [0.25, 0.3) is 5.65 Å². The summed E-state index contributed by atoms with van der Waals surface area (Å²) >= 11 is 0. The van der Waals surface area contributed by atoms with Gasteiger partial charge in [-0.05, 0) is 44.2 Å². The van der Waals surface area contributed by atoms with Gasteiger partial charge in [-0.1, -0.05) is 6.07 Å². The van der Waals surface area contributed by atoms with Crippen LogP contribution in [0, 0.1) is 6.92 Å². The Morgan fingerprint density at radius 1 is 1.20 bits per heavy atom. The van der Waals surface area contributed by atoms with E-state index >= 15 is 0 Å². The number of hydrogen-bond acceptors (Lipinski definition) is 4. The van der Waals surface area contributed by atoms with Crippen molar-refractivity contribution in [3.8, 4) is 11.5 Å². The minimum atomic E-state index is -0.261. The highest BCUT2D eigenvalue weighted by atomic mass is 16.5. The van der Waals surface area contributed by atoms with E-state index < -0.39 is 0 Å². The van der Waals surface area contributed by atoms with Gasteiger partial charge < -0.3 is 19.2 Å². The molecule has 2 aromatic heterocycles. The van der Waals surface area contributed by atoms with Gasteiger partial charge in [-0.15, -0.1) is 0 Å². The number of rotatable bonds is 5. The van der Waals surface area contributed by atoms with Crippen molar-refractivity contribution >= 4 is 11.6 Å². The highest BCUT2D eigenvalue weighted by molar-refractivity contribution is 5.93. The van der Waals surface area contributed by atoms with Gasteiger partial charge in [0, 0.05) is 17.5 Å². The number of hydrogen-bond donors (Lipinski definition) is 1. The minimum Gasteiger partial charge on any atom is -0.497 e. The Hall–Kier alpha value is -3.02. The number of fused-ring (bicyclic) bond motifs is 1. The molecule has 1 N–H and O–H groups in total. The molecule has 0 fully saturated rings. The molecule has 0 spiro atoms. The van der Waals surface area contributed by atoms with Crippen LogP contribution < -0.4 is 14.8 Å². The van der Waals surface area contributed by atoms with Crippen LogP contribution in [0.1, 0.15) is 34.7 Å². The molecule has 1 atom stereocenters. The SMILES string of the molecule is COc1ccc(OC)c([C@H](C)NC(=O)c2cn3c(C)cccc3n2)c1. The fraction of sp³-hybridized carbons (Fsp3) is 0.263. The Morgan fingerprint density at radius 3 is 2.68 bits per heavy atom. The number of aromatic nitrogens is 2. The zero-order valence-electron chi connectivity index (χ0n) is 14.7. The summed E-state index contributed by atoms with van der Waals surface area (Å²) in [7, 11) is 3.21. The van der Waals surface area contributed by atoms with E-state index in [2.05, 4.69) is 10.3 Å².